The van der Waals surface area contributed by atoms with Crippen LogP contribution in [0.5, 0.6) is 0 Å². The van der Waals surface area contributed by atoms with Crippen molar-refractivity contribution in [2.24, 2.45) is 5.92 Å². The maximum Gasteiger partial charge on any atom is 0.239 e. The number of hydrogen-bond acceptors (Lipinski definition) is 3. The van der Waals surface area contributed by atoms with E-state index in [0.717, 1.165) is 51.9 Å². The molecular formula is C15H27N3O2. The summed E-state index contributed by atoms with van der Waals surface area (Å²) in [7, 11) is 1.69. The first-order chi connectivity index (χ1) is 9.63. The molecule has 0 saturated carbocycles. The van der Waals surface area contributed by atoms with E-state index in [1.165, 1.54) is 6.42 Å². The van der Waals surface area contributed by atoms with Crippen LogP contribution in [0.25, 0.3) is 0 Å². The summed E-state index contributed by atoms with van der Waals surface area (Å²) in [4.78, 5) is 28.3. The van der Waals surface area contributed by atoms with Gasteiger partial charge in [-0.05, 0) is 52.1 Å². The molecule has 0 aromatic carbocycles. The summed E-state index contributed by atoms with van der Waals surface area (Å²) in [5, 5.41) is 2.72. The van der Waals surface area contributed by atoms with E-state index in [1.807, 2.05) is 11.8 Å². The van der Waals surface area contributed by atoms with E-state index in [-0.39, 0.29) is 23.8 Å². The minimum atomic E-state index is -0.0428. The molecule has 0 radical (unpaired) electrons. The maximum atomic E-state index is 12.5. The van der Waals surface area contributed by atoms with Gasteiger partial charge in [0.2, 0.25) is 11.8 Å². The largest absolute Gasteiger partial charge is 0.359 e. The van der Waals surface area contributed by atoms with E-state index in [4.69, 9.17) is 0 Å². The van der Waals surface area contributed by atoms with Crippen LogP contribution in [0.15, 0.2) is 0 Å². The van der Waals surface area contributed by atoms with Gasteiger partial charge >= 0.3 is 0 Å². The fourth-order valence-electron chi connectivity index (χ4n) is 3.29. The van der Waals surface area contributed by atoms with Crippen LogP contribution in [0.4, 0.5) is 0 Å². The fraction of sp³-hybridized carbons (Fsp3) is 0.867. The molecule has 0 spiro atoms. The molecule has 1 atom stereocenters. The number of nitrogens with one attached hydrogen (secondary N) is 1. The minimum Gasteiger partial charge on any atom is -0.359 e. The molecule has 2 aliphatic rings. The average molecular weight is 281 g/mol. The molecule has 114 valence electrons. The molecule has 0 aromatic heterocycles. The topological polar surface area (TPSA) is 52.7 Å². The summed E-state index contributed by atoms with van der Waals surface area (Å²) in [6, 6.07) is -0.0428. The summed E-state index contributed by atoms with van der Waals surface area (Å²) < 4.78 is 0. The zero-order valence-electron chi connectivity index (χ0n) is 12.7. The molecule has 1 unspecified atom stereocenters. The molecule has 2 rings (SSSR count). The summed E-state index contributed by atoms with van der Waals surface area (Å²) in [6.45, 7) is 5.53. The van der Waals surface area contributed by atoms with Gasteiger partial charge in [-0.1, -0.05) is 0 Å². The van der Waals surface area contributed by atoms with Gasteiger partial charge in [0, 0.05) is 26.1 Å². The summed E-state index contributed by atoms with van der Waals surface area (Å²) >= 11 is 0. The number of piperidine rings is 2. The number of carbonyl (C=O) groups is 2. The van der Waals surface area contributed by atoms with Crippen LogP contribution in [0.2, 0.25) is 0 Å². The monoisotopic (exact) mass is 281 g/mol. The number of rotatable bonds is 3. The second-order valence-corrected chi connectivity index (χ2v) is 5.99. The minimum absolute atomic E-state index is 0.0428. The van der Waals surface area contributed by atoms with Crippen molar-refractivity contribution in [2.45, 2.75) is 45.1 Å². The van der Waals surface area contributed by atoms with Gasteiger partial charge in [-0.25, -0.2) is 0 Å². The summed E-state index contributed by atoms with van der Waals surface area (Å²) in [5.74, 6) is 0.524. The van der Waals surface area contributed by atoms with Gasteiger partial charge in [0.25, 0.3) is 0 Å². The zero-order valence-corrected chi connectivity index (χ0v) is 12.7. The lowest BCUT2D eigenvalue weighted by atomic mass is 9.95. The number of carbonyl (C=O) groups excluding carboxylic acids is 2. The number of likely N-dealkylation sites (tertiary alicyclic amines) is 2. The van der Waals surface area contributed by atoms with E-state index in [0.29, 0.717) is 0 Å². The maximum absolute atomic E-state index is 12.5. The SMILES string of the molecule is CNC(=O)C1CCN(C(C)C(=O)N2CCCCC2)CC1. The van der Waals surface area contributed by atoms with Crippen molar-refractivity contribution in [3.8, 4) is 0 Å². The highest BCUT2D eigenvalue weighted by molar-refractivity contribution is 5.82. The van der Waals surface area contributed by atoms with Crippen molar-refractivity contribution < 1.29 is 9.59 Å². The third-order valence-electron chi connectivity index (χ3n) is 4.72. The Morgan fingerprint density at radius 2 is 1.65 bits per heavy atom. The van der Waals surface area contributed by atoms with E-state index < -0.39 is 0 Å². The standard InChI is InChI=1S/C15H27N3O2/c1-12(15(20)18-8-4-3-5-9-18)17-10-6-13(7-11-17)14(19)16-2/h12-13H,3-11H2,1-2H3,(H,16,19). The Kier molecular flexibility index (Phi) is 5.40. The third-order valence-corrected chi connectivity index (χ3v) is 4.72. The number of amides is 2. The van der Waals surface area contributed by atoms with Crippen LogP contribution >= 0.6 is 0 Å². The normalized spacial score (nSPS) is 23.4. The van der Waals surface area contributed by atoms with Gasteiger partial charge in [0.15, 0.2) is 0 Å². The van der Waals surface area contributed by atoms with Gasteiger partial charge in [-0.2, -0.15) is 0 Å². The Morgan fingerprint density at radius 3 is 2.20 bits per heavy atom. The lowest BCUT2D eigenvalue weighted by Crippen LogP contribution is -2.51. The highest BCUT2D eigenvalue weighted by Gasteiger charge is 2.31. The van der Waals surface area contributed by atoms with Gasteiger partial charge in [0.05, 0.1) is 6.04 Å². The van der Waals surface area contributed by atoms with Crippen LogP contribution in [0, 0.1) is 5.92 Å². The van der Waals surface area contributed by atoms with Gasteiger partial charge in [-0.15, -0.1) is 0 Å². The van der Waals surface area contributed by atoms with Crippen LogP contribution in [0.1, 0.15) is 39.0 Å². The Balaban J connectivity index is 1.83. The van der Waals surface area contributed by atoms with E-state index in [1.54, 1.807) is 7.05 Å². The molecular weight excluding hydrogens is 254 g/mol. The Hall–Kier alpha value is -1.10. The Labute approximate surface area is 121 Å². The van der Waals surface area contributed by atoms with Crippen molar-refractivity contribution in [3.05, 3.63) is 0 Å². The van der Waals surface area contributed by atoms with E-state index in [2.05, 4.69) is 10.2 Å². The van der Waals surface area contributed by atoms with Crippen molar-refractivity contribution in [3.63, 3.8) is 0 Å². The quantitative estimate of drug-likeness (QED) is 0.834. The van der Waals surface area contributed by atoms with Crippen molar-refractivity contribution in [1.29, 1.82) is 0 Å². The molecule has 2 heterocycles. The smallest absolute Gasteiger partial charge is 0.239 e. The van der Waals surface area contributed by atoms with Crippen LogP contribution in [0.3, 0.4) is 0 Å². The first kappa shape index (κ1) is 15.3. The predicted molar refractivity (Wildman–Crippen MR) is 78.3 cm³/mol. The summed E-state index contributed by atoms with van der Waals surface area (Å²) in [5.41, 5.74) is 0. The van der Waals surface area contributed by atoms with Gasteiger partial charge in [0.1, 0.15) is 0 Å². The van der Waals surface area contributed by atoms with E-state index >= 15 is 0 Å². The highest BCUT2D eigenvalue weighted by Crippen LogP contribution is 2.20. The predicted octanol–water partition coefficient (Wildman–Crippen LogP) is 0.845. The van der Waals surface area contributed by atoms with Crippen LogP contribution in [-0.4, -0.2) is 60.9 Å². The number of hydrogen-bond donors (Lipinski definition) is 1. The van der Waals surface area contributed by atoms with Crippen molar-refractivity contribution in [2.75, 3.05) is 33.2 Å². The highest BCUT2D eigenvalue weighted by atomic mass is 16.2. The number of nitrogens with zero attached hydrogens (tertiary/aromatic N) is 2. The third kappa shape index (κ3) is 3.51. The Morgan fingerprint density at radius 1 is 1.05 bits per heavy atom. The summed E-state index contributed by atoms with van der Waals surface area (Å²) in [6.07, 6.45) is 5.23. The molecule has 2 amide bonds. The molecule has 5 nitrogen and oxygen atoms in total. The molecule has 0 aromatic rings. The second kappa shape index (κ2) is 7.07. The molecule has 2 fully saturated rings. The Bertz CT molecular complexity index is 345. The first-order valence-corrected chi connectivity index (χ1v) is 7.88. The molecule has 1 N–H and O–H groups in total. The molecule has 5 heteroatoms. The van der Waals surface area contributed by atoms with Crippen LogP contribution in [-0.2, 0) is 9.59 Å². The molecule has 2 aliphatic heterocycles. The zero-order chi connectivity index (χ0) is 14.5. The molecule has 2 saturated heterocycles. The van der Waals surface area contributed by atoms with Crippen LogP contribution < -0.4 is 5.32 Å². The molecule has 0 aliphatic carbocycles. The van der Waals surface area contributed by atoms with Gasteiger partial charge in [-0.3, -0.25) is 14.5 Å². The average Bonchev–Trinajstić information content (AvgIpc) is 2.53. The van der Waals surface area contributed by atoms with Crippen molar-refractivity contribution >= 4 is 11.8 Å². The molecule has 20 heavy (non-hydrogen) atoms. The van der Waals surface area contributed by atoms with Gasteiger partial charge < -0.3 is 10.2 Å². The molecule has 0 bridgehead atoms. The first-order valence-electron chi connectivity index (χ1n) is 7.88. The lowest BCUT2D eigenvalue weighted by Gasteiger charge is -2.37. The lowest BCUT2D eigenvalue weighted by molar-refractivity contribution is -0.138. The fourth-order valence-corrected chi connectivity index (χ4v) is 3.29. The van der Waals surface area contributed by atoms with E-state index in [9.17, 15) is 9.59 Å². The van der Waals surface area contributed by atoms with Crippen molar-refractivity contribution in [1.82, 2.24) is 15.1 Å². The second-order valence-electron chi connectivity index (χ2n) is 5.99.